The normalized spacial score (nSPS) is 23.9. The zero-order chi connectivity index (χ0) is 13.8. The lowest BCUT2D eigenvalue weighted by Gasteiger charge is -2.35. The van der Waals surface area contributed by atoms with Crippen molar-refractivity contribution in [1.29, 1.82) is 0 Å². The second-order valence-corrected chi connectivity index (χ2v) is 6.72. The highest BCUT2D eigenvalue weighted by atomic mass is 14.9. The van der Waals surface area contributed by atoms with E-state index in [4.69, 9.17) is 0 Å². The van der Waals surface area contributed by atoms with Gasteiger partial charge in [-0.05, 0) is 48.3 Å². The lowest BCUT2D eigenvalue weighted by molar-refractivity contribution is 0.254. The molecular formula is C18H29N. The van der Waals surface area contributed by atoms with Crippen molar-refractivity contribution in [3.8, 4) is 0 Å². The smallest absolute Gasteiger partial charge is 0.0345 e. The Morgan fingerprint density at radius 1 is 1.05 bits per heavy atom. The molecule has 0 radical (unpaired) electrons. The molecule has 1 aliphatic rings. The molecule has 0 amide bonds. The average Bonchev–Trinajstić information content (AvgIpc) is 2.39. The molecule has 0 aromatic heterocycles. The summed E-state index contributed by atoms with van der Waals surface area (Å²) in [5, 5.41) is 3.81. The molecule has 1 aromatic rings. The Morgan fingerprint density at radius 2 is 1.79 bits per heavy atom. The standard InChI is InChI=1S/C18H29N/c1-13(2)15-8-7-9-16(12-15)19-18-11-6-5-10-17(18)14(3)4/h7-9,12-14,17-19H,5-6,10-11H2,1-4H3. The topological polar surface area (TPSA) is 12.0 Å². The molecule has 0 heterocycles. The molecule has 1 saturated carbocycles. The Labute approximate surface area is 118 Å². The average molecular weight is 259 g/mol. The van der Waals surface area contributed by atoms with Gasteiger partial charge in [-0.3, -0.25) is 0 Å². The fourth-order valence-corrected chi connectivity index (χ4v) is 3.34. The van der Waals surface area contributed by atoms with Crippen LogP contribution in [0, 0.1) is 11.8 Å². The third-order valence-electron chi connectivity index (χ3n) is 4.58. The van der Waals surface area contributed by atoms with Crippen LogP contribution < -0.4 is 5.32 Å². The summed E-state index contributed by atoms with van der Waals surface area (Å²) in [6.45, 7) is 9.26. The number of rotatable bonds is 4. The Hall–Kier alpha value is -0.980. The van der Waals surface area contributed by atoms with Crippen LogP contribution in [0.15, 0.2) is 24.3 Å². The van der Waals surface area contributed by atoms with Crippen LogP contribution in [0.4, 0.5) is 5.69 Å². The summed E-state index contributed by atoms with van der Waals surface area (Å²) in [5.41, 5.74) is 2.74. The molecule has 1 heteroatoms. The van der Waals surface area contributed by atoms with Crippen molar-refractivity contribution in [2.45, 2.75) is 65.3 Å². The maximum Gasteiger partial charge on any atom is 0.0345 e. The fraction of sp³-hybridized carbons (Fsp3) is 0.667. The number of hydrogen-bond acceptors (Lipinski definition) is 1. The Bertz CT molecular complexity index is 394. The van der Waals surface area contributed by atoms with Crippen molar-refractivity contribution >= 4 is 5.69 Å². The van der Waals surface area contributed by atoms with Crippen molar-refractivity contribution in [3.05, 3.63) is 29.8 Å². The molecule has 19 heavy (non-hydrogen) atoms. The highest BCUT2D eigenvalue weighted by Crippen LogP contribution is 2.32. The van der Waals surface area contributed by atoms with Crippen molar-refractivity contribution in [1.82, 2.24) is 0 Å². The molecule has 0 bridgehead atoms. The molecular weight excluding hydrogens is 230 g/mol. The molecule has 0 saturated heterocycles. The third-order valence-corrected chi connectivity index (χ3v) is 4.58. The van der Waals surface area contributed by atoms with E-state index in [2.05, 4.69) is 57.3 Å². The highest BCUT2D eigenvalue weighted by molar-refractivity contribution is 5.47. The van der Waals surface area contributed by atoms with Crippen LogP contribution in [0.25, 0.3) is 0 Å². The SMILES string of the molecule is CC(C)c1cccc(NC2CCCCC2C(C)C)c1. The summed E-state index contributed by atoms with van der Waals surface area (Å²) in [6.07, 6.45) is 5.51. The molecule has 2 unspecified atom stereocenters. The Balaban J connectivity index is 2.08. The van der Waals surface area contributed by atoms with E-state index in [-0.39, 0.29) is 0 Å². The summed E-state index contributed by atoms with van der Waals surface area (Å²) in [7, 11) is 0. The lowest BCUT2D eigenvalue weighted by Crippen LogP contribution is -2.35. The summed E-state index contributed by atoms with van der Waals surface area (Å²) in [4.78, 5) is 0. The molecule has 1 nitrogen and oxygen atoms in total. The first-order valence-electron chi connectivity index (χ1n) is 7.94. The first-order chi connectivity index (χ1) is 9.08. The molecule has 2 atom stereocenters. The van der Waals surface area contributed by atoms with Gasteiger partial charge in [-0.15, -0.1) is 0 Å². The van der Waals surface area contributed by atoms with E-state index in [0.29, 0.717) is 12.0 Å². The van der Waals surface area contributed by atoms with Gasteiger partial charge in [0.25, 0.3) is 0 Å². The van der Waals surface area contributed by atoms with Crippen LogP contribution in [0.3, 0.4) is 0 Å². The zero-order valence-electron chi connectivity index (χ0n) is 12.9. The fourth-order valence-electron chi connectivity index (χ4n) is 3.34. The van der Waals surface area contributed by atoms with Crippen LogP contribution >= 0.6 is 0 Å². The van der Waals surface area contributed by atoms with Crippen LogP contribution in [0.2, 0.25) is 0 Å². The molecule has 1 aromatic carbocycles. The molecule has 2 rings (SSSR count). The summed E-state index contributed by atoms with van der Waals surface area (Å²) in [5.74, 6) is 2.22. The van der Waals surface area contributed by atoms with Gasteiger partial charge in [0.2, 0.25) is 0 Å². The molecule has 1 N–H and O–H groups in total. The second-order valence-electron chi connectivity index (χ2n) is 6.72. The van der Waals surface area contributed by atoms with Crippen molar-refractivity contribution in [2.75, 3.05) is 5.32 Å². The van der Waals surface area contributed by atoms with Crippen LogP contribution in [-0.2, 0) is 0 Å². The van der Waals surface area contributed by atoms with Gasteiger partial charge in [0, 0.05) is 11.7 Å². The van der Waals surface area contributed by atoms with E-state index in [9.17, 15) is 0 Å². The van der Waals surface area contributed by atoms with E-state index in [0.717, 1.165) is 11.8 Å². The van der Waals surface area contributed by atoms with Gasteiger partial charge in [-0.25, -0.2) is 0 Å². The predicted octanol–water partition coefficient (Wildman–Crippen LogP) is 5.44. The van der Waals surface area contributed by atoms with E-state index >= 15 is 0 Å². The number of nitrogens with one attached hydrogen (secondary N) is 1. The highest BCUT2D eigenvalue weighted by Gasteiger charge is 2.27. The van der Waals surface area contributed by atoms with Crippen LogP contribution in [0.5, 0.6) is 0 Å². The van der Waals surface area contributed by atoms with Crippen molar-refractivity contribution in [3.63, 3.8) is 0 Å². The minimum absolute atomic E-state index is 0.606. The van der Waals surface area contributed by atoms with Gasteiger partial charge in [0.15, 0.2) is 0 Å². The predicted molar refractivity (Wildman–Crippen MR) is 84.7 cm³/mol. The summed E-state index contributed by atoms with van der Waals surface area (Å²) < 4.78 is 0. The lowest BCUT2D eigenvalue weighted by atomic mass is 9.77. The number of hydrogen-bond donors (Lipinski definition) is 1. The maximum absolute atomic E-state index is 3.81. The van der Waals surface area contributed by atoms with Gasteiger partial charge in [-0.2, -0.15) is 0 Å². The summed E-state index contributed by atoms with van der Waals surface area (Å²) in [6, 6.07) is 9.63. The number of anilines is 1. The van der Waals surface area contributed by atoms with Gasteiger partial charge in [0.1, 0.15) is 0 Å². The molecule has 0 aliphatic heterocycles. The van der Waals surface area contributed by atoms with Gasteiger partial charge in [-0.1, -0.05) is 52.7 Å². The molecule has 106 valence electrons. The monoisotopic (exact) mass is 259 g/mol. The quantitative estimate of drug-likeness (QED) is 0.759. The van der Waals surface area contributed by atoms with Crippen molar-refractivity contribution in [2.24, 2.45) is 11.8 Å². The Kier molecular flexibility index (Phi) is 4.90. The van der Waals surface area contributed by atoms with Gasteiger partial charge < -0.3 is 5.32 Å². The molecule has 1 aliphatic carbocycles. The van der Waals surface area contributed by atoms with E-state index in [1.807, 2.05) is 0 Å². The second kappa shape index (κ2) is 6.45. The first kappa shape index (κ1) is 14.4. The first-order valence-corrected chi connectivity index (χ1v) is 7.94. The van der Waals surface area contributed by atoms with E-state index in [1.165, 1.54) is 36.9 Å². The van der Waals surface area contributed by atoms with E-state index in [1.54, 1.807) is 0 Å². The molecule has 0 spiro atoms. The van der Waals surface area contributed by atoms with Gasteiger partial charge in [0.05, 0.1) is 0 Å². The Morgan fingerprint density at radius 3 is 2.47 bits per heavy atom. The zero-order valence-corrected chi connectivity index (χ0v) is 12.9. The third kappa shape index (κ3) is 3.75. The summed E-state index contributed by atoms with van der Waals surface area (Å²) >= 11 is 0. The largest absolute Gasteiger partial charge is 0.382 e. The maximum atomic E-state index is 3.81. The van der Waals surface area contributed by atoms with E-state index < -0.39 is 0 Å². The van der Waals surface area contributed by atoms with Crippen LogP contribution in [0.1, 0.15) is 64.9 Å². The number of benzene rings is 1. The van der Waals surface area contributed by atoms with Crippen molar-refractivity contribution < 1.29 is 0 Å². The minimum atomic E-state index is 0.606. The van der Waals surface area contributed by atoms with Crippen LogP contribution in [-0.4, -0.2) is 6.04 Å². The molecule has 1 fully saturated rings. The minimum Gasteiger partial charge on any atom is -0.382 e. The van der Waals surface area contributed by atoms with Gasteiger partial charge >= 0.3 is 0 Å².